The maximum atomic E-state index is 9.65. The fourth-order valence-corrected chi connectivity index (χ4v) is 0.0781. The molecular weight excluding hydrogens is 110 g/mol. The highest BCUT2D eigenvalue weighted by atomic mass is 16.4. The fraction of sp³-hybridized carbons (Fsp3) is 0.750. The van der Waals surface area contributed by atoms with Gasteiger partial charge in [-0.1, -0.05) is 7.43 Å². The highest BCUT2D eigenvalue weighted by molar-refractivity contribution is 5.73. The quantitative estimate of drug-likeness (QED) is 0.438. The lowest BCUT2D eigenvalue weighted by atomic mass is 10.3. The summed E-state index contributed by atoms with van der Waals surface area (Å²) >= 11 is 0. The summed E-state index contributed by atoms with van der Waals surface area (Å²) in [7, 11) is 0. The number of carbonyl (C=O) groups is 1. The molecule has 4 N–H and O–H groups in total. The van der Waals surface area contributed by atoms with Crippen LogP contribution in [0.5, 0.6) is 0 Å². The molecule has 4 heteroatoms. The second-order valence-electron chi connectivity index (χ2n) is 1.13. The zero-order valence-electron chi connectivity index (χ0n) is 3.66. The van der Waals surface area contributed by atoms with E-state index in [-0.39, 0.29) is 7.43 Å². The second kappa shape index (κ2) is 4.55. The number of carboxylic acid groups (broad SMARTS) is 1. The summed E-state index contributed by atoms with van der Waals surface area (Å²) in [5.41, 5.74) is 4.77. The molecule has 0 unspecified atom stereocenters. The molecule has 0 aromatic heterocycles. The first-order chi connectivity index (χ1) is 3.18. The van der Waals surface area contributed by atoms with Gasteiger partial charge in [-0.05, 0) is 0 Å². The number of nitrogens with two attached hydrogens (primary N) is 1. The van der Waals surface area contributed by atoms with Crippen LogP contribution < -0.4 is 5.73 Å². The van der Waals surface area contributed by atoms with Crippen LogP contribution >= 0.6 is 0 Å². The predicted molar refractivity (Wildman–Crippen MR) is 29.4 cm³/mol. The van der Waals surface area contributed by atoms with E-state index in [1.807, 2.05) is 0 Å². The van der Waals surface area contributed by atoms with Crippen LogP contribution in [0, 0.1) is 0 Å². The topological polar surface area (TPSA) is 83.5 Å². The minimum Gasteiger partial charge on any atom is -0.480 e. The molecular formula is C4H11NO3. The van der Waals surface area contributed by atoms with Gasteiger partial charge in [-0.3, -0.25) is 4.79 Å². The molecule has 0 saturated carbocycles. The van der Waals surface area contributed by atoms with Crippen LogP contribution in [0.2, 0.25) is 0 Å². The summed E-state index contributed by atoms with van der Waals surface area (Å²) in [6, 6.07) is -1.13. The van der Waals surface area contributed by atoms with Crippen molar-refractivity contribution in [3.8, 4) is 0 Å². The van der Waals surface area contributed by atoms with Crippen LogP contribution in [0.15, 0.2) is 0 Å². The molecule has 0 bridgehead atoms. The predicted octanol–water partition coefficient (Wildman–Crippen LogP) is -0.973. The van der Waals surface area contributed by atoms with Gasteiger partial charge >= 0.3 is 5.97 Å². The number of aliphatic hydroxyl groups excluding tert-OH is 1. The molecule has 0 amide bonds. The Hall–Kier alpha value is -0.610. The van der Waals surface area contributed by atoms with Gasteiger partial charge in [-0.25, -0.2) is 0 Å². The van der Waals surface area contributed by atoms with E-state index >= 15 is 0 Å². The third-order valence-electron chi connectivity index (χ3n) is 0.514. The van der Waals surface area contributed by atoms with Crippen LogP contribution in [0.25, 0.3) is 0 Å². The number of hydrogen-bond acceptors (Lipinski definition) is 3. The lowest BCUT2D eigenvalue weighted by molar-refractivity contribution is -0.139. The van der Waals surface area contributed by atoms with Gasteiger partial charge in [0, 0.05) is 0 Å². The van der Waals surface area contributed by atoms with Gasteiger partial charge in [0.15, 0.2) is 0 Å². The molecule has 0 fully saturated rings. The zero-order chi connectivity index (χ0) is 5.86. The first-order valence-electron chi connectivity index (χ1n) is 1.77. The van der Waals surface area contributed by atoms with Crippen molar-refractivity contribution in [3.05, 3.63) is 0 Å². The maximum Gasteiger partial charge on any atom is 0.322 e. The molecule has 4 nitrogen and oxygen atoms in total. The summed E-state index contributed by atoms with van der Waals surface area (Å²) in [6.07, 6.45) is 0. The van der Waals surface area contributed by atoms with E-state index in [1.54, 1.807) is 0 Å². The monoisotopic (exact) mass is 121 g/mol. The Balaban J connectivity index is 0. The molecule has 0 rings (SSSR count). The van der Waals surface area contributed by atoms with Crippen LogP contribution in [-0.4, -0.2) is 28.8 Å². The van der Waals surface area contributed by atoms with Crippen LogP contribution in [-0.2, 0) is 4.79 Å². The number of rotatable bonds is 2. The van der Waals surface area contributed by atoms with Crippen molar-refractivity contribution in [1.29, 1.82) is 0 Å². The van der Waals surface area contributed by atoms with Gasteiger partial charge in [0.05, 0.1) is 6.61 Å². The van der Waals surface area contributed by atoms with E-state index in [2.05, 4.69) is 0 Å². The van der Waals surface area contributed by atoms with Gasteiger partial charge in [-0.15, -0.1) is 0 Å². The number of aliphatic hydroxyl groups is 1. The lowest BCUT2D eigenvalue weighted by Crippen LogP contribution is -2.33. The molecule has 0 aliphatic heterocycles. The Morgan fingerprint density at radius 3 is 2.12 bits per heavy atom. The van der Waals surface area contributed by atoms with E-state index < -0.39 is 18.6 Å². The summed E-state index contributed by atoms with van der Waals surface area (Å²) in [5, 5.41) is 15.9. The van der Waals surface area contributed by atoms with E-state index in [9.17, 15) is 4.79 Å². The number of hydrogen-bond donors (Lipinski definition) is 3. The van der Waals surface area contributed by atoms with Crippen molar-refractivity contribution < 1.29 is 15.0 Å². The first kappa shape index (κ1) is 10.4. The van der Waals surface area contributed by atoms with Crippen LogP contribution in [0.1, 0.15) is 7.43 Å². The Kier molecular flexibility index (Phi) is 5.90. The van der Waals surface area contributed by atoms with Crippen molar-refractivity contribution in [2.75, 3.05) is 6.61 Å². The Morgan fingerprint density at radius 1 is 1.75 bits per heavy atom. The summed E-state index contributed by atoms with van der Waals surface area (Å²) < 4.78 is 0. The SMILES string of the molecule is C.N[C@H](CO)C(=O)O. The Morgan fingerprint density at radius 2 is 2.12 bits per heavy atom. The second-order valence-corrected chi connectivity index (χ2v) is 1.13. The van der Waals surface area contributed by atoms with Crippen molar-refractivity contribution in [2.45, 2.75) is 13.5 Å². The number of carboxylic acids is 1. The Labute approximate surface area is 47.9 Å². The summed E-state index contributed by atoms with van der Waals surface area (Å²) in [4.78, 5) is 9.65. The summed E-state index contributed by atoms with van der Waals surface area (Å²) in [5.74, 6) is -1.18. The number of aliphatic carboxylic acids is 1. The first-order valence-corrected chi connectivity index (χ1v) is 1.77. The molecule has 0 aliphatic carbocycles. The molecule has 0 heterocycles. The normalized spacial score (nSPS) is 11.8. The van der Waals surface area contributed by atoms with E-state index in [0.717, 1.165) is 0 Å². The molecule has 50 valence electrons. The van der Waals surface area contributed by atoms with E-state index in [0.29, 0.717) is 0 Å². The van der Waals surface area contributed by atoms with Gasteiger partial charge in [0.2, 0.25) is 0 Å². The van der Waals surface area contributed by atoms with Gasteiger partial charge in [0.1, 0.15) is 6.04 Å². The van der Waals surface area contributed by atoms with Crippen LogP contribution in [0.4, 0.5) is 0 Å². The molecule has 8 heavy (non-hydrogen) atoms. The fourth-order valence-electron chi connectivity index (χ4n) is 0.0781. The minimum absolute atomic E-state index is 0. The largest absolute Gasteiger partial charge is 0.480 e. The maximum absolute atomic E-state index is 9.65. The smallest absolute Gasteiger partial charge is 0.322 e. The van der Waals surface area contributed by atoms with Crippen molar-refractivity contribution in [3.63, 3.8) is 0 Å². The third-order valence-corrected chi connectivity index (χ3v) is 0.514. The van der Waals surface area contributed by atoms with Crippen molar-refractivity contribution in [2.24, 2.45) is 5.73 Å². The average Bonchev–Trinajstić information content (AvgIpc) is 1.65. The van der Waals surface area contributed by atoms with E-state index in [4.69, 9.17) is 15.9 Å². The Bertz CT molecular complexity index is 73.7. The van der Waals surface area contributed by atoms with Gasteiger partial charge < -0.3 is 15.9 Å². The molecule has 1 atom stereocenters. The van der Waals surface area contributed by atoms with Gasteiger partial charge in [-0.2, -0.15) is 0 Å². The molecule has 0 radical (unpaired) electrons. The van der Waals surface area contributed by atoms with Crippen molar-refractivity contribution >= 4 is 5.97 Å². The molecule has 0 spiro atoms. The van der Waals surface area contributed by atoms with Gasteiger partial charge in [0.25, 0.3) is 0 Å². The van der Waals surface area contributed by atoms with Crippen molar-refractivity contribution in [1.82, 2.24) is 0 Å². The third kappa shape index (κ3) is 3.58. The lowest BCUT2D eigenvalue weighted by Gasteiger charge is -1.96. The molecule has 0 aromatic carbocycles. The molecule has 0 aromatic rings. The highest BCUT2D eigenvalue weighted by Gasteiger charge is 2.06. The minimum atomic E-state index is -1.18. The average molecular weight is 121 g/mol. The summed E-state index contributed by atoms with van der Waals surface area (Å²) in [6.45, 7) is -0.505. The molecule has 0 saturated heterocycles. The van der Waals surface area contributed by atoms with E-state index in [1.165, 1.54) is 0 Å². The van der Waals surface area contributed by atoms with Crippen LogP contribution in [0.3, 0.4) is 0 Å². The highest BCUT2D eigenvalue weighted by Crippen LogP contribution is 1.71. The molecule has 0 aliphatic rings. The standard InChI is InChI=1S/C3H7NO3.CH4/c4-2(1-5)3(6)7;/h2,5H,1,4H2,(H,6,7);1H4/t2-;/m1./s1. The zero-order valence-corrected chi connectivity index (χ0v) is 3.66.